The number of Topliss-reactive ketones (excluding diaryl/α,β-unsaturated/α-hetero) is 1. The maximum Gasteiger partial charge on any atom is 0.217 e. The summed E-state index contributed by atoms with van der Waals surface area (Å²) in [4.78, 5) is 11.5. The lowest BCUT2D eigenvalue weighted by atomic mass is 10.0. The van der Waals surface area contributed by atoms with E-state index in [2.05, 4.69) is 39.3 Å². The molecule has 0 aromatic heterocycles. The average Bonchev–Trinajstić information content (AvgIpc) is 2.59. The number of hydrogen-bond donors (Lipinski definition) is 0. The Morgan fingerprint density at radius 1 is 1.33 bits per heavy atom. The Balaban J connectivity index is 0.000000413. The fourth-order valence-corrected chi connectivity index (χ4v) is 3.08. The van der Waals surface area contributed by atoms with Gasteiger partial charge in [0.1, 0.15) is 5.78 Å². The van der Waals surface area contributed by atoms with Crippen molar-refractivity contribution in [1.29, 1.82) is 0 Å². The van der Waals surface area contributed by atoms with E-state index in [1.807, 2.05) is 18.7 Å². The van der Waals surface area contributed by atoms with Gasteiger partial charge in [0.25, 0.3) is 0 Å². The molecule has 6 nitrogen and oxygen atoms in total. The SMILES string of the molecule is CCC(=O)CC[N+]1=C(SC)CCc2ccccc21.COS(=O)(=O)[O-]. The van der Waals surface area contributed by atoms with Gasteiger partial charge in [-0.15, -0.1) is 0 Å². The van der Waals surface area contributed by atoms with Crippen molar-refractivity contribution in [3.05, 3.63) is 29.8 Å². The number of fused-ring (bicyclic) bond motifs is 1. The van der Waals surface area contributed by atoms with Crippen LogP contribution in [0.4, 0.5) is 5.69 Å². The lowest BCUT2D eigenvalue weighted by Crippen LogP contribution is -2.23. The maximum absolute atomic E-state index is 11.5. The molecule has 0 aliphatic carbocycles. The molecular formula is C16H23NO5S2. The van der Waals surface area contributed by atoms with Crippen molar-refractivity contribution in [2.45, 2.75) is 32.6 Å². The van der Waals surface area contributed by atoms with Gasteiger partial charge in [0, 0.05) is 24.5 Å². The van der Waals surface area contributed by atoms with Crippen LogP contribution in [-0.4, -0.2) is 48.3 Å². The van der Waals surface area contributed by atoms with Crippen LogP contribution in [0.3, 0.4) is 0 Å². The summed E-state index contributed by atoms with van der Waals surface area (Å²) in [6.07, 6.45) is 5.62. The first-order chi connectivity index (χ1) is 11.3. The number of carbonyl (C=O) groups is 1. The highest BCUT2D eigenvalue weighted by molar-refractivity contribution is 8.13. The lowest BCUT2D eigenvalue weighted by molar-refractivity contribution is -0.440. The van der Waals surface area contributed by atoms with Crippen LogP contribution in [-0.2, 0) is 25.8 Å². The van der Waals surface area contributed by atoms with E-state index in [0.717, 1.165) is 26.5 Å². The summed E-state index contributed by atoms with van der Waals surface area (Å²) in [6, 6.07) is 8.54. The van der Waals surface area contributed by atoms with Crippen molar-refractivity contribution in [2.75, 3.05) is 19.9 Å². The Morgan fingerprint density at radius 2 is 1.96 bits per heavy atom. The van der Waals surface area contributed by atoms with E-state index in [9.17, 15) is 17.8 Å². The lowest BCUT2D eigenvalue weighted by Gasteiger charge is -2.16. The van der Waals surface area contributed by atoms with Crippen LogP contribution in [0.1, 0.15) is 31.7 Å². The highest BCUT2D eigenvalue weighted by Gasteiger charge is 2.25. The molecule has 0 bridgehead atoms. The second-order valence-electron chi connectivity index (χ2n) is 5.10. The zero-order chi connectivity index (χ0) is 18.2. The zero-order valence-corrected chi connectivity index (χ0v) is 15.8. The van der Waals surface area contributed by atoms with Gasteiger partial charge < -0.3 is 4.55 Å². The number of thioether (sulfide) groups is 1. The first-order valence-electron chi connectivity index (χ1n) is 7.60. The van der Waals surface area contributed by atoms with Crippen molar-refractivity contribution in [3.8, 4) is 0 Å². The minimum atomic E-state index is -4.41. The van der Waals surface area contributed by atoms with Crippen LogP contribution >= 0.6 is 11.8 Å². The van der Waals surface area contributed by atoms with E-state index in [4.69, 9.17) is 0 Å². The predicted molar refractivity (Wildman–Crippen MR) is 94.7 cm³/mol. The summed E-state index contributed by atoms with van der Waals surface area (Å²) in [7, 11) is -3.60. The van der Waals surface area contributed by atoms with E-state index in [1.165, 1.54) is 16.3 Å². The molecule has 1 heterocycles. The molecule has 0 amide bonds. The number of benzene rings is 1. The summed E-state index contributed by atoms with van der Waals surface area (Å²) in [5.41, 5.74) is 2.69. The van der Waals surface area contributed by atoms with Gasteiger partial charge in [0.05, 0.1) is 13.5 Å². The van der Waals surface area contributed by atoms with Crippen molar-refractivity contribution >= 4 is 38.7 Å². The molecule has 0 saturated carbocycles. The van der Waals surface area contributed by atoms with E-state index >= 15 is 0 Å². The molecule has 8 heteroatoms. The van der Waals surface area contributed by atoms with E-state index in [1.54, 1.807) is 0 Å². The molecule has 2 rings (SSSR count). The number of aryl methyl sites for hydroxylation is 1. The predicted octanol–water partition coefficient (Wildman–Crippen LogP) is 2.50. The Bertz CT molecular complexity index is 698. The second-order valence-corrected chi connectivity index (χ2v) is 7.12. The Kier molecular flexibility index (Phi) is 8.61. The number of para-hydroxylation sites is 1. The molecule has 1 aromatic rings. The number of ketones is 1. The second kappa shape index (κ2) is 9.93. The van der Waals surface area contributed by atoms with Crippen LogP contribution in [0, 0.1) is 0 Å². The number of hydrogen-bond acceptors (Lipinski definition) is 6. The third kappa shape index (κ3) is 6.72. The van der Waals surface area contributed by atoms with Gasteiger partial charge in [0.15, 0.2) is 6.54 Å². The highest BCUT2D eigenvalue weighted by Crippen LogP contribution is 2.28. The standard InChI is InChI=1S/C15H20NOS.CH4O4S/c1-3-13(17)10-11-16-14-7-5-4-6-12(14)8-9-15(16)18-2;1-5-6(2,3)4/h4-7H,3,8-11H2,1-2H3;1H3,(H,2,3,4)/q+1;/p-1. The van der Waals surface area contributed by atoms with Crippen molar-refractivity contribution in [2.24, 2.45) is 0 Å². The average molecular weight is 373 g/mol. The molecule has 0 spiro atoms. The van der Waals surface area contributed by atoms with Crippen LogP contribution in [0.5, 0.6) is 0 Å². The molecule has 1 aliphatic rings. The van der Waals surface area contributed by atoms with Gasteiger partial charge in [-0.2, -0.15) is 4.58 Å². The van der Waals surface area contributed by atoms with Gasteiger partial charge >= 0.3 is 0 Å². The topological polar surface area (TPSA) is 86.5 Å². The van der Waals surface area contributed by atoms with E-state index < -0.39 is 10.4 Å². The van der Waals surface area contributed by atoms with Crippen LogP contribution < -0.4 is 0 Å². The summed E-state index contributed by atoms with van der Waals surface area (Å²) >= 11 is 1.81. The Morgan fingerprint density at radius 3 is 2.50 bits per heavy atom. The largest absolute Gasteiger partial charge is 0.726 e. The van der Waals surface area contributed by atoms with E-state index in [-0.39, 0.29) is 0 Å². The zero-order valence-electron chi connectivity index (χ0n) is 14.1. The molecule has 1 aliphatic heterocycles. The van der Waals surface area contributed by atoms with Crippen molar-refractivity contribution < 1.29 is 26.5 Å². The van der Waals surface area contributed by atoms with Crippen molar-refractivity contribution in [1.82, 2.24) is 0 Å². The number of nitrogens with zero attached hydrogens (tertiary/aromatic N) is 1. The molecule has 1 aromatic carbocycles. The van der Waals surface area contributed by atoms with Gasteiger partial charge in [-0.1, -0.05) is 36.9 Å². The normalized spacial score (nSPS) is 13.8. The summed E-state index contributed by atoms with van der Waals surface area (Å²) in [5.74, 6) is 0.346. The molecule has 24 heavy (non-hydrogen) atoms. The van der Waals surface area contributed by atoms with Gasteiger partial charge in [-0.25, -0.2) is 8.42 Å². The molecule has 0 saturated heterocycles. The molecule has 0 unspecified atom stereocenters. The Labute approximate surface area is 147 Å². The molecule has 0 fully saturated rings. The number of carbonyl (C=O) groups excluding carboxylic acids is 1. The van der Waals surface area contributed by atoms with Crippen molar-refractivity contribution in [3.63, 3.8) is 0 Å². The molecule has 0 atom stereocenters. The third-order valence-corrected chi connectivity index (χ3v) is 4.94. The van der Waals surface area contributed by atoms with Gasteiger partial charge in [-0.3, -0.25) is 8.98 Å². The summed E-state index contributed by atoms with van der Waals surface area (Å²) < 4.78 is 33.4. The van der Waals surface area contributed by atoms with Crippen LogP contribution in [0.2, 0.25) is 0 Å². The highest BCUT2D eigenvalue weighted by atomic mass is 32.3. The van der Waals surface area contributed by atoms with Crippen LogP contribution in [0.25, 0.3) is 0 Å². The first-order valence-corrected chi connectivity index (χ1v) is 10.2. The van der Waals surface area contributed by atoms with Gasteiger partial charge in [0.2, 0.25) is 21.1 Å². The third-order valence-electron chi connectivity index (χ3n) is 3.64. The fraction of sp³-hybridized carbons (Fsp3) is 0.500. The Hall–Kier alpha value is -1.22. The fourth-order valence-electron chi connectivity index (χ4n) is 2.37. The minimum absolute atomic E-state index is 0.346. The summed E-state index contributed by atoms with van der Waals surface area (Å²) in [5, 5.41) is 1.39. The molecular weight excluding hydrogens is 350 g/mol. The minimum Gasteiger partial charge on any atom is -0.726 e. The molecule has 134 valence electrons. The molecule has 0 radical (unpaired) electrons. The molecule has 0 N–H and O–H groups in total. The van der Waals surface area contributed by atoms with Crippen LogP contribution in [0.15, 0.2) is 24.3 Å². The maximum atomic E-state index is 11.5. The monoisotopic (exact) mass is 373 g/mol. The smallest absolute Gasteiger partial charge is 0.217 e. The van der Waals surface area contributed by atoms with Gasteiger partial charge in [-0.05, 0) is 12.7 Å². The quantitative estimate of drug-likeness (QED) is 0.448. The summed E-state index contributed by atoms with van der Waals surface area (Å²) in [6.45, 7) is 2.76. The van der Waals surface area contributed by atoms with E-state index in [0.29, 0.717) is 18.6 Å². The number of rotatable bonds is 5. The first kappa shape index (κ1) is 20.8.